The number of aromatic nitrogens is 5. The Morgan fingerprint density at radius 3 is 2.16 bits per heavy atom. The van der Waals surface area contributed by atoms with E-state index in [1.165, 1.54) is 23.4 Å². The zero-order chi connectivity index (χ0) is 23.1. The van der Waals surface area contributed by atoms with E-state index in [9.17, 15) is 14.4 Å². The van der Waals surface area contributed by atoms with Gasteiger partial charge in [0.1, 0.15) is 12.7 Å². The summed E-state index contributed by atoms with van der Waals surface area (Å²) in [5.41, 5.74) is 0.697. The monoisotopic (exact) mass is 436 g/mol. The molecule has 0 unspecified atom stereocenters. The smallest absolute Gasteiger partial charge is 0.271 e. The van der Waals surface area contributed by atoms with Crippen molar-refractivity contribution < 1.29 is 14.4 Å². The van der Waals surface area contributed by atoms with E-state index in [4.69, 9.17) is 0 Å². The van der Waals surface area contributed by atoms with Crippen molar-refractivity contribution in [2.45, 2.75) is 20.8 Å². The highest BCUT2D eigenvalue weighted by Gasteiger charge is 2.21. The second-order valence-electron chi connectivity index (χ2n) is 7.91. The summed E-state index contributed by atoms with van der Waals surface area (Å²) in [7, 11) is 0. The van der Waals surface area contributed by atoms with Crippen LogP contribution in [-0.4, -0.2) is 55.8 Å². The molecule has 11 heteroatoms. The number of anilines is 1. The Morgan fingerprint density at radius 1 is 0.906 bits per heavy atom. The zero-order valence-electron chi connectivity index (χ0n) is 18.0. The van der Waals surface area contributed by atoms with Crippen LogP contribution in [0.5, 0.6) is 0 Å². The van der Waals surface area contributed by atoms with Gasteiger partial charge in [-0.05, 0) is 36.4 Å². The zero-order valence-corrected chi connectivity index (χ0v) is 18.0. The summed E-state index contributed by atoms with van der Waals surface area (Å²) in [6.07, 6.45) is 2.85. The second-order valence-corrected chi connectivity index (χ2v) is 7.91. The third kappa shape index (κ3) is 5.94. The van der Waals surface area contributed by atoms with Crippen LogP contribution in [-0.2, 0) is 4.79 Å². The number of benzene rings is 1. The highest BCUT2D eigenvalue weighted by Crippen LogP contribution is 2.17. The molecule has 3 amide bonds. The standard InChI is InChI=1S/C21H24N8O3/c1-21(2,3)20(32)26-15-6-4-14(5-7-15)18(30)23-10-11-24-19(31)16-8-9-17(28-27-16)29-13-22-12-25-29/h4-9,12-13H,10-11H2,1-3H3,(H,23,30)(H,24,31)(H,26,32). The summed E-state index contributed by atoms with van der Waals surface area (Å²) >= 11 is 0. The van der Waals surface area contributed by atoms with Gasteiger partial charge in [-0.2, -0.15) is 5.10 Å². The van der Waals surface area contributed by atoms with Crippen molar-refractivity contribution in [3.63, 3.8) is 0 Å². The van der Waals surface area contributed by atoms with Crippen LogP contribution in [0.4, 0.5) is 5.69 Å². The van der Waals surface area contributed by atoms with E-state index in [0.29, 0.717) is 17.1 Å². The number of nitrogens with one attached hydrogen (secondary N) is 3. The first-order valence-corrected chi connectivity index (χ1v) is 9.91. The molecular formula is C21H24N8O3. The molecule has 3 N–H and O–H groups in total. The van der Waals surface area contributed by atoms with Gasteiger partial charge in [0.2, 0.25) is 5.91 Å². The fourth-order valence-electron chi connectivity index (χ4n) is 2.46. The quantitative estimate of drug-likeness (QED) is 0.472. The van der Waals surface area contributed by atoms with Crippen molar-refractivity contribution in [3.05, 3.63) is 60.3 Å². The summed E-state index contributed by atoms with van der Waals surface area (Å²) in [6.45, 7) is 5.92. The van der Waals surface area contributed by atoms with Crippen LogP contribution in [0.15, 0.2) is 49.1 Å². The van der Waals surface area contributed by atoms with Crippen molar-refractivity contribution in [1.82, 2.24) is 35.6 Å². The lowest BCUT2D eigenvalue weighted by Crippen LogP contribution is -2.35. The van der Waals surface area contributed by atoms with Gasteiger partial charge in [-0.25, -0.2) is 9.67 Å². The number of nitrogens with zero attached hydrogens (tertiary/aromatic N) is 5. The van der Waals surface area contributed by atoms with Gasteiger partial charge >= 0.3 is 0 Å². The second kappa shape index (κ2) is 9.77. The van der Waals surface area contributed by atoms with Crippen LogP contribution in [0.1, 0.15) is 41.6 Å². The van der Waals surface area contributed by atoms with Gasteiger partial charge in [-0.1, -0.05) is 20.8 Å². The van der Waals surface area contributed by atoms with E-state index in [-0.39, 0.29) is 30.6 Å². The first kappa shape index (κ1) is 22.5. The number of hydrogen-bond acceptors (Lipinski definition) is 7. The minimum Gasteiger partial charge on any atom is -0.350 e. The van der Waals surface area contributed by atoms with Gasteiger partial charge in [0, 0.05) is 29.8 Å². The lowest BCUT2D eigenvalue weighted by atomic mass is 9.95. The van der Waals surface area contributed by atoms with Crippen molar-refractivity contribution >= 4 is 23.4 Å². The average molecular weight is 436 g/mol. The van der Waals surface area contributed by atoms with E-state index >= 15 is 0 Å². The molecular weight excluding hydrogens is 412 g/mol. The van der Waals surface area contributed by atoms with Crippen LogP contribution < -0.4 is 16.0 Å². The van der Waals surface area contributed by atoms with Crippen LogP contribution in [0, 0.1) is 5.41 Å². The van der Waals surface area contributed by atoms with Crippen molar-refractivity contribution in [2.24, 2.45) is 5.41 Å². The van der Waals surface area contributed by atoms with Gasteiger partial charge in [-0.3, -0.25) is 14.4 Å². The van der Waals surface area contributed by atoms with E-state index in [0.717, 1.165) is 0 Å². The molecule has 0 aliphatic rings. The Hall–Kier alpha value is -4.15. The minimum atomic E-state index is -0.509. The lowest BCUT2D eigenvalue weighted by molar-refractivity contribution is -0.123. The molecule has 0 atom stereocenters. The fraction of sp³-hybridized carbons (Fsp3) is 0.286. The maximum Gasteiger partial charge on any atom is 0.271 e. The molecule has 0 fully saturated rings. The number of hydrogen-bond donors (Lipinski definition) is 3. The topological polar surface area (TPSA) is 144 Å². The normalized spacial score (nSPS) is 11.0. The van der Waals surface area contributed by atoms with Crippen LogP contribution in [0.25, 0.3) is 5.82 Å². The van der Waals surface area contributed by atoms with E-state index < -0.39 is 11.3 Å². The first-order chi connectivity index (χ1) is 15.2. The highest BCUT2D eigenvalue weighted by atomic mass is 16.2. The molecule has 3 rings (SSSR count). The van der Waals surface area contributed by atoms with Gasteiger partial charge in [0.25, 0.3) is 11.8 Å². The van der Waals surface area contributed by atoms with E-state index in [1.807, 2.05) is 20.8 Å². The number of amides is 3. The predicted octanol–water partition coefficient (Wildman–Crippen LogP) is 1.20. The number of carbonyl (C=O) groups is 3. The Bertz CT molecular complexity index is 1070. The molecule has 2 aromatic heterocycles. The summed E-state index contributed by atoms with van der Waals surface area (Å²) in [5.74, 6) is -0.362. The first-order valence-electron chi connectivity index (χ1n) is 9.91. The molecule has 3 aromatic rings. The summed E-state index contributed by atoms with van der Waals surface area (Å²) in [5, 5.41) is 19.9. The van der Waals surface area contributed by atoms with Gasteiger partial charge in [-0.15, -0.1) is 10.2 Å². The largest absolute Gasteiger partial charge is 0.350 e. The average Bonchev–Trinajstić information content (AvgIpc) is 3.31. The van der Waals surface area contributed by atoms with Gasteiger partial charge in [0.05, 0.1) is 0 Å². The maximum atomic E-state index is 12.3. The molecule has 0 bridgehead atoms. The maximum absolute atomic E-state index is 12.3. The lowest BCUT2D eigenvalue weighted by Gasteiger charge is -2.17. The molecule has 0 aliphatic carbocycles. The molecule has 0 aliphatic heterocycles. The number of rotatable bonds is 7. The molecule has 1 aromatic carbocycles. The van der Waals surface area contributed by atoms with E-state index in [1.54, 1.807) is 30.3 Å². The Kier molecular flexibility index (Phi) is 6.88. The molecule has 0 radical (unpaired) electrons. The molecule has 166 valence electrons. The molecule has 11 nitrogen and oxygen atoms in total. The molecule has 0 saturated carbocycles. The number of carbonyl (C=O) groups excluding carboxylic acids is 3. The van der Waals surface area contributed by atoms with Crippen LogP contribution >= 0.6 is 0 Å². The van der Waals surface area contributed by atoms with Crippen molar-refractivity contribution in [2.75, 3.05) is 18.4 Å². The minimum absolute atomic E-state index is 0.108. The third-order valence-electron chi connectivity index (χ3n) is 4.32. The SMILES string of the molecule is CC(C)(C)C(=O)Nc1ccc(C(=O)NCCNC(=O)c2ccc(-n3cncn3)nn2)cc1. The fourth-order valence-corrected chi connectivity index (χ4v) is 2.46. The summed E-state index contributed by atoms with van der Waals surface area (Å²) < 4.78 is 1.43. The molecule has 0 saturated heterocycles. The molecule has 32 heavy (non-hydrogen) atoms. The molecule has 2 heterocycles. The third-order valence-corrected chi connectivity index (χ3v) is 4.32. The van der Waals surface area contributed by atoms with Crippen molar-refractivity contribution in [1.29, 1.82) is 0 Å². The highest BCUT2D eigenvalue weighted by molar-refractivity contribution is 5.97. The van der Waals surface area contributed by atoms with Gasteiger partial charge in [0.15, 0.2) is 11.5 Å². The Labute approximate surface area is 184 Å². The van der Waals surface area contributed by atoms with E-state index in [2.05, 4.69) is 36.2 Å². The Morgan fingerprint density at radius 2 is 1.59 bits per heavy atom. The van der Waals surface area contributed by atoms with Crippen LogP contribution in [0.3, 0.4) is 0 Å². The summed E-state index contributed by atoms with van der Waals surface area (Å²) in [6, 6.07) is 9.71. The molecule has 0 spiro atoms. The summed E-state index contributed by atoms with van der Waals surface area (Å²) in [4.78, 5) is 40.2. The Balaban J connectivity index is 1.42. The van der Waals surface area contributed by atoms with Gasteiger partial charge < -0.3 is 16.0 Å². The van der Waals surface area contributed by atoms with Crippen LogP contribution in [0.2, 0.25) is 0 Å². The van der Waals surface area contributed by atoms with Crippen molar-refractivity contribution in [3.8, 4) is 5.82 Å². The predicted molar refractivity (Wildman–Crippen MR) is 116 cm³/mol.